The summed E-state index contributed by atoms with van der Waals surface area (Å²) in [5.41, 5.74) is 2.59. The van der Waals surface area contributed by atoms with Gasteiger partial charge in [-0.25, -0.2) is 4.79 Å². The fraction of sp³-hybridized carbons (Fsp3) is 0.321. The third-order valence-corrected chi connectivity index (χ3v) is 5.55. The van der Waals surface area contributed by atoms with Crippen LogP contribution in [-0.4, -0.2) is 58.0 Å². The number of phenolic OH excluding ortho intramolecular Hbond substituents is 1. The zero-order chi connectivity index (χ0) is 24.8. The van der Waals surface area contributed by atoms with Crippen LogP contribution < -0.4 is 4.90 Å². The third-order valence-electron chi connectivity index (χ3n) is 5.55. The van der Waals surface area contributed by atoms with Gasteiger partial charge in [-0.1, -0.05) is 36.1 Å². The van der Waals surface area contributed by atoms with Crippen molar-refractivity contribution in [2.75, 3.05) is 31.1 Å². The largest absolute Gasteiger partial charge is 0.508 e. The van der Waals surface area contributed by atoms with E-state index in [2.05, 4.69) is 37.9 Å². The Morgan fingerprint density at radius 3 is 2.43 bits per heavy atom. The monoisotopic (exact) mass is 470 g/mol. The summed E-state index contributed by atoms with van der Waals surface area (Å²) < 4.78 is 5.35. The Balaban J connectivity index is 1.35. The zero-order valence-corrected chi connectivity index (χ0v) is 20.4. The lowest BCUT2D eigenvalue weighted by Gasteiger charge is -2.35. The Labute approximate surface area is 206 Å². The molecule has 1 N–H and O–H groups in total. The summed E-state index contributed by atoms with van der Waals surface area (Å²) in [5.74, 6) is 6.91. The van der Waals surface area contributed by atoms with Crippen LogP contribution in [0, 0.1) is 11.8 Å². The lowest BCUT2D eigenvalue weighted by molar-refractivity contribution is 0.00616. The molecule has 0 aliphatic carbocycles. The van der Waals surface area contributed by atoms with Gasteiger partial charge < -0.3 is 14.7 Å². The summed E-state index contributed by atoms with van der Waals surface area (Å²) >= 11 is 0. The van der Waals surface area contributed by atoms with Gasteiger partial charge in [-0.05, 0) is 62.7 Å². The highest BCUT2D eigenvalue weighted by atomic mass is 16.6. The maximum absolute atomic E-state index is 12.2. The molecule has 0 bridgehead atoms. The number of aromatic nitrogens is 2. The van der Waals surface area contributed by atoms with Crippen LogP contribution in [0.4, 0.5) is 5.82 Å². The van der Waals surface area contributed by atoms with Crippen molar-refractivity contribution in [2.45, 2.75) is 32.9 Å². The lowest BCUT2D eigenvalue weighted by Crippen LogP contribution is -2.46. The number of ether oxygens (including phenoxy) is 1. The molecule has 1 aliphatic heterocycles. The van der Waals surface area contributed by atoms with Gasteiger partial charge in [0.05, 0.1) is 0 Å². The molecule has 180 valence electrons. The van der Waals surface area contributed by atoms with Crippen LogP contribution in [0.5, 0.6) is 5.75 Å². The third kappa shape index (κ3) is 6.81. The molecular weight excluding hydrogens is 440 g/mol. The summed E-state index contributed by atoms with van der Waals surface area (Å²) in [6.07, 6.45) is 0. The molecule has 3 aromatic rings. The molecule has 1 saturated heterocycles. The van der Waals surface area contributed by atoms with Gasteiger partial charge in [0, 0.05) is 43.9 Å². The molecule has 7 heteroatoms. The Hall–Kier alpha value is -3.89. The minimum absolute atomic E-state index is 0.214. The Morgan fingerprint density at radius 1 is 0.971 bits per heavy atom. The molecule has 0 amide bonds. The van der Waals surface area contributed by atoms with Gasteiger partial charge in [-0.2, -0.15) is 0 Å². The highest BCUT2D eigenvalue weighted by Gasteiger charge is 2.22. The second kappa shape index (κ2) is 10.6. The summed E-state index contributed by atoms with van der Waals surface area (Å²) in [6.45, 7) is 9.68. The molecule has 0 radical (unpaired) electrons. The van der Waals surface area contributed by atoms with Gasteiger partial charge in [0.1, 0.15) is 11.4 Å². The number of phenols is 1. The minimum Gasteiger partial charge on any atom is -0.508 e. The van der Waals surface area contributed by atoms with Crippen LogP contribution in [0.25, 0.3) is 0 Å². The first-order valence-electron chi connectivity index (χ1n) is 11.7. The van der Waals surface area contributed by atoms with Crippen molar-refractivity contribution in [3.8, 4) is 17.6 Å². The Kier molecular flexibility index (Phi) is 7.33. The van der Waals surface area contributed by atoms with Gasteiger partial charge in [0.25, 0.3) is 0 Å². The van der Waals surface area contributed by atoms with E-state index in [1.165, 1.54) is 5.56 Å². The summed E-state index contributed by atoms with van der Waals surface area (Å²) in [4.78, 5) is 16.7. The second-order valence-corrected chi connectivity index (χ2v) is 9.50. The number of hydrogen-bond donors (Lipinski definition) is 1. The van der Waals surface area contributed by atoms with Gasteiger partial charge in [-0.3, -0.25) is 4.90 Å². The van der Waals surface area contributed by atoms with E-state index in [-0.39, 0.29) is 11.4 Å². The first-order chi connectivity index (χ1) is 16.8. The molecule has 7 nitrogen and oxygen atoms in total. The quantitative estimate of drug-likeness (QED) is 0.458. The van der Waals surface area contributed by atoms with Crippen LogP contribution in [0.1, 0.15) is 48.0 Å². The van der Waals surface area contributed by atoms with Gasteiger partial charge >= 0.3 is 5.97 Å². The fourth-order valence-corrected chi connectivity index (χ4v) is 3.81. The van der Waals surface area contributed by atoms with Crippen molar-refractivity contribution in [3.63, 3.8) is 0 Å². The summed E-state index contributed by atoms with van der Waals surface area (Å²) in [5, 5.41) is 18.0. The fourth-order valence-electron chi connectivity index (χ4n) is 3.81. The van der Waals surface area contributed by atoms with E-state index in [4.69, 9.17) is 4.74 Å². The number of hydrogen-bond acceptors (Lipinski definition) is 7. The van der Waals surface area contributed by atoms with Crippen LogP contribution in [0.3, 0.4) is 0 Å². The van der Waals surface area contributed by atoms with Crippen LogP contribution in [-0.2, 0) is 11.3 Å². The number of aromatic hydroxyl groups is 1. The number of carbonyl (C=O) groups is 1. The molecule has 0 spiro atoms. The molecule has 0 saturated carbocycles. The number of anilines is 1. The first-order valence-corrected chi connectivity index (χ1v) is 11.7. The van der Waals surface area contributed by atoms with Crippen LogP contribution in [0.15, 0.2) is 60.7 Å². The van der Waals surface area contributed by atoms with Gasteiger partial charge in [-0.15, -0.1) is 10.2 Å². The lowest BCUT2D eigenvalue weighted by atomic mass is 10.1. The minimum atomic E-state index is -0.567. The van der Waals surface area contributed by atoms with Gasteiger partial charge in [0.15, 0.2) is 11.5 Å². The average molecular weight is 471 g/mol. The predicted octanol–water partition coefficient (Wildman–Crippen LogP) is 3.86. The normalized spacial score (nSPS) is 14.2. The number of carbonyl (C=O) groups excluding carboxylic acids is 1. The highest BCUT2D eigenvalue weighted by molar-refractivity contribution is 5.87. The van der Waals surface area contributed by atoms with Gasteiger partial charge in [0.2, 0.25) is 0 Å². The van der Waals surface area contributed by atoms with E-state index in [0.717, 1.165) is 49.7 Å². The molecule has 2 heterocycles. The predicted molar refractivity (Wildman–Crippen MR) is 135 cm³/mol. The molecule has 2 aromatic carbocycles. The van der Waals surface area contributed by atoms with E-state index < -0.39 is 11.6 Å². The van der Waals surface area contributed by atoms with Crippen molar-refractivity contribution in [1.82, 2.24) is 15.1 Å². The standard InChI is InChI=1S/C28H30N4O3/c1-28(2,3)35-27(34)25-13-14-26(30-29-25)32-17-15-31(16-18-32)20-23-9-5-4-8-22(23)12-11-21-7-6-10-24(33)19-21/h4-10,13-14,19,33H,15-18,20H2,1-3H3. The number of rotatable bonds is 4. The van der Waals surface area contributed by atoms with Crippen molar-refractivity contribution in [3.05, 3.63) is 83.0 Å². The molecule has 35 heavy (non-hydrogen) atoms. The highest BCUT2D eigenvalue weighted by Crippen LogP contribution is 2.18. The molecule has 0 atom stereocenters. The van der Waals surface area contributed by atoms with E-state index in [0.29, 0.717) is 0 Å². The molecule has 1 aromatic heterocycles. The summed E-state index contributed by atoms with van der Waals surface area (Å²) in [6, 6.07) is 18.6. The smallest absolute Gasteiger partial charge is 0.359 e. The van der Waals surface area contributed by atoms with Crippen LogP contribution >= 0.6 is 0 Å². The topological polar surface area (TPSA) is 78.8 Å². The maximum atomic E-state index is 12.2. The van der Waals surface area contributed by atoms with E-state index >= 15 is 0 Å². The van der Waals surface area contributed by atoms with E-state index in [1.54, 1.807) is 24.3 Å². The van der Waals surface area contributed by atoms with E-state index in [1.807, 2.05) is 51.1 Å². The number of esters is 1. The second-order valence-electron chi connectivity index (χ2n) is 9.50. The maximum Gasteiger partial charge on any atom is 0.359 e. The number of piperazine rings is 1. The van der Waals surface area contributed by atoms with Crippen molar-refractivity contribution in [1.29, 1.82) is 0 Å². The van der Waals surface area contributed by atoms with Crippen LogP contribution in [0.2, 0.25) is 0 Å². The first kappa shape index (κ1) is 24.2. The Morgan fingerprint density at radius 2 is 1.74 bits per heavy atom. The molecule has 1 fully saturated rings. The number of benzene rings is 2. The van der Waals surface area contributed by atoms with E-state index in [9.17, 15) is 9.90 Å². The van der Waals surface area contributed by atoms with Crippen molar-refractivity contribution >= 4 is 11.8 Å². The summed E-state index contributed by atoms with van der Waals surface area (Å²) in [7, 11) is 0. The molecular formula is C28H30N4O3. The average Bonchev–Trinajstić information content (AvgIpc) is 2.83. The number of nitrogens with zero attached hydrogens (tertiary/aromatic N) is 4. The zero-order valence-electron chi connectivity index (χ0n) is 20.4. The molecule has 0 unspecified atom stereocenters. The van der Waals surface area contributed by atoms with Crippen molar-refractivity contribution < 1.29 is 14.6 Å². The SMILES string of the molecule is CC(C)(C)OC(=O)c1ccc(N2CCN(Cc3ccccc3C#Cc3cccc(O)c3)CC2)nn1. The van der Waals surface area contributed by atoms with Crippen molar-refractivity contribution in [2.24, 2.45) is 0 Å². The molecule has 1 aliphatic rings. The molecule has 4 rings (SSSR count). The Bertz CT molecular complexity index is 1230.